The Morgan fingerprint density at radius 1 is 1.30 bits per heavy atom. The molecule has 1 aliphatic rings. The summed E-state index contributed by atoms with van der Waals surface area (Å²) in [6.07, 6.45) is 0.942. The van der Waals surface area contributed by atoms with E-state index in [0.717, 1.165) is 43.1 Å². The van der Waals surface area contributed by atoms with Gasteiger partial charge in [0.1, 0.15) is 18.5 Å². The van der Waals surface area contributed by atoms with Crippen LogP contribution in [-0.4, -0.2) is 43.0 Å². The number of nitrogens with zero attached hydrogens (tertiary/aromatic N) is 2. The van der Waals surface area contributed by atoms with Gasteiger partial charge < -0.3 is 14.5 Å². The van der Waals surface area contributed by atoms with Gasteiger partial charge in [0.25, 0.3) is 0 Å². The van der Waals surface area contributed by atoms with Gasteiger partial charge in [-0.1, -0.05) is 31.1 Å². The minimum Gasteiger partial charge on any atom is -0.490 e. The van der Waals surface area contributed by atoms with Crippen molar-refractivity contribution in [2.45, 2.75) is 33.3 Å². The molecule has 110 valence electrons. The Morgan fingerprint density at radius 2 is 2.05 bits per heavy atom. The van der Waals surface area contributed by atoms with Gasteiger partial charge in [-0.05, 0) is 32.1 Å². The van der Waals surface area contributed by atoms with Crippen molar-refractivity contribution >= 4 is 5.71 Å². The quantitative estimate of drug-likeness (QED) is 0.592. The summed E-state index contributed by atoms with van der Waals surface area (Å²) in [7, 11) is 0. The minimum absolute atomic E-state index is 0.148. The van der Waals surface area contributed by atoms with Crippen molar-refractivity contribution in [1.82, 2.24) is 4.90 Å². The molecule has 4 nitrogen and oxygen atoms in total. The van der Waals surface area contributed by atoms with Gasteiger partial charge in [-0.25, -0.2) is 0 Å². The van der Waals surface area contributed by atoms with Crippen LogP contribution in [0.4, 0.5) is 0 Å². The molecule has 1 aromatic rings. The summed E-state index contributed by atoms with van der Waals surface area (Å²) < 4.78 is 5.80. The average molecular weight is 276 g/mol. The van der Waals surface area contributed by atoms with Gasteiger partial charge in [0, 0.05) is 18.5 Å². The highest BCUT2D eigenvalue weighted by molar-refractivity contribution is 6.03. The Kier molecular flexibility index (Phi) is 5.41. The third-order valence-corrected chi connectivity index (χ3v) is 3.57. The Labute approximate surface area is 121 Å². The summed E-state index contributed by atoms with van der Waals surface area (Å²) in [5.74, 6) is 0.900. The van der Waals surface area contributed by atoms with E-state index in [1.165, 1.54) is 0 Å². The van der Waals surface area contributed by atoms with Crippen molar-refractivity contribution < 1.29 is 9.57 Å². The fourth-order valence-corrected chi connectivity index (χ4v) is 2.37. The first-order chi connectivity index (χ1) is 9.74. The summed E-state index contributed by atoms with van der Waals surface area (Å²) in [6, 6.07) is 8.00. The molecule has 0 N–H and O–H groups in total. The number of hydrogen-bond acceptors (Lipinski definition) is 4. The number of rotatable bonds is 6. The molecule has 1 aliphatic heterocycles. The van der Waals surface area contributed by atoms with Crippen molar-refractivity contribution in [1.29, 1.82) is 0 Å². The van der Waals surface area contributed by atoms with Gasteiger partial charge in [0.2, 0.25) is 0 Å². The van der Waals surface area contributed by atoms with Crippen LogP contribution in [0.25, 0.3) is 0 Å². The number of likely N-dealkylation sites (N-methyl/N-ethyl adjacent to an activating group) is 1. The van der Waals surface area contributed by atoms with Gasteiger partial charge in [0.15, 0.2) is 0 Å². The van der Waals surface area contributed by atoms with Gasteiger partial charge in [-0.15, -0.1) is 0 Å². The molecule has 4 heteroatoms. The van der Waals surface area contributed by atoms with E-state index in [4.69, 9.17) is 9.57 Å². The third kappa shape index (κ3) is 3.73. The molecule has 0 aromatic heterocycles. The molecule has 1 atom stereocenters. The predicted molar refractivity (Wildman–Crippen MR) is 81.4 cm³/mol. The van der Waals surface area contributed by atoms with E-state index in [0.29, 0.717) is 6.61 Å². The first-order valence-corrected chi connectivity index (χ1v) is 7.41. The highest BCUT2D eigenvalue weighted by Crippen LogP contribution is 2.27. The maximum absolute atomic E-state index is 5.80. The number of para-hydroxylation sites is 1. The molecule has 1 aromatic carbocycles. The monoisotopic (exact) mass is 276 g/mol. The number of benzene rings is 1. The van der Waals surface area contributed by atoms with Crippen LogP contribution in [0, 0.1) is 0 Å². The van der Waals surface area contributed by atoms with Gasteiger partial charge in [-0.2, -0.15) is 0 Å². The Morgan fingerprint density at radius 3 is 2.80 bits per heavy atom. The second-order valence-electron chi connectivity index (χ2n) is 5.03. The zero-order valence-corrected chi connectivity index (χ0v) is 12.6. The van der Waals surface area contributed by atoms with E-state index in [9.17, 15) is 0 Å². The van der Waals surface area contributed by atoms with E-state index in [-0.39, 0.29) is 6.10 Å². The molecule has 0 radical (unpaired) electrons. The van der Waals surface area contributed by atoms with E-state index in [1.54, 1.807) is 0 Å². The van der Waals surface area contributed by atoms with Crippen LogP contribution < -0.4 is 4.74 Å². The molecular formula is C16H24N2O2. The summed E-state index contributed by atoms with van der Waals surface area (Å²) in [5.41, 5.74) is 2.03. The molecule has 1 unspecified atom stereocenters. The molecule has 0 amide bonds. The highest BCUT2D eigenvalue weighted by atomic mass is 16.6. The topological polar surface area (TPSA) is 34.1 Å². The third-order valence-electron chi connectivity index (χ3n) is 3.57. The van der Waals surface area contributed by atoms with Crippen molar-refractivity contribution in [2.24, 2.45) is 5.16 Å². The lowest BCUT2D eigenvalue weighted by molar-refractivity contribution is 0.112. The summed E-state index contributed by atoms with van der Waals surface area (Å²) in [6.45, 7) is 10.0. The summed E-state index contributed by atoms with van der Waals surface area (Å²) >= 11 is 0. The fraction of sp³-hybridized carbons (Fsp3) is 0.562. The summed E-state index contributed by atoms with van der Waals surface area (Å²) in [5, 5.41) is 4.33. The van der Waals surface area contributed by atoms with Crippen molar-refractivity contribution in [3.05, 3.63) is 29.8 Å². The lowest BCUT2D eigenvalue weighted by Crippen LogP contribution is -2.27. The molecule has 0 bridgehead atoms. The molecule has 0 spiro atoms. The van der Waals surface area contributed by atoms with Crippen LogP contribution in [-0.2, 0) is 4.84 Å². The Hall–Kier alpha value is -1.55. The van der Waals surface area contributed by atoms with Gasteiger partial charge in [0.05, 0.1) is 5.71 Å². The largest absolute Gasteiger partial charge is 0.490 e. The lowest BCUT2D eigenvalue weighted by Gasteiger charge is -2.24. The standard InChI is InChI=1S/C16H24N2O2/c1-4-18(5-2)10-11-19-17-15-12-13(3)20-16-9-7-6-8-14(15)16/h6-9,13H,4-5,10-12H2,1-3H3/b17-15-. The fourth-order valence-electron chi connectivity index (χ4n) is 2.37. The molecule has 0 saturated heterocycles. The van der Waals surface area contributed by atoms with E-state index < -0.39 is 0 Å². The zero-order valence-electron chi connectivity index (χ0n) is 12.6. The number of ether oxygens (including phenoxy) is 1. The first kappa shape index (κ1) is 14.9. The Balaban J connectivity index is 1.96. The molecule has 0 aliphatic carbocycles. The van der Waals surface area contributed by atoms with E-state index in [1.807, 2.05) is 24.3 Å². The zero-order chi connectivity index (χ0) is 14.4. The van der Waals surface area contributed by atoms with Crippen molar-refractivity contribution in [3.63, 3.8) is 0 Å². The van der Waals surface area contributed by atoms with Crippen LogP contribution >= 0.6 is 0 Å². The van der Waals surface area contributed by atoms with Gasteiger partial charge >= 0.3 is 0 Å². The van der Waals surface area contributed by atoms with Crippen LogP contribution in [0.15, 0.2) is 29.4 Å². The average Bonchev–Trinajstić information content (AvgIpc) is 2.47. The van der Waals surface area contributed by atoms with Crippen molar-refractivity contribution in [2.75, 3.05) is 26.2 Å². The normalized spacial score (nSPS) is 19.8. The minimum atomic E-state index is 0.148. The number of fused-ring (bicyclic) bond motifs is 1. The predicted octanol–water partition coefficient (Wildman–Crippen LogP) is 2.92. The van der Waals surface area contributed by atoms with E-state index in [2.05, 4.69) is 30.8 Å². The maximum Gasteiger partial charge on any atom is 0.129 e. The van der Waals surface area contributed by atoms with Crippen molar-refractivity contribution in [3.8, 4) is 5.75 Å². The molecule has 0 fully saturated rings. The van der Waals surface area contributed by atoms with Crippen LogP contribution in [0.3, 0.4) is 0 Å². The van der Waals surface area contributed by atoms with Gasteiger partial charge in [-0.3, -0.25) is 0 Å². The van der Waals surface area contributed by atoms with Crippen LogP contribution in [0.1, 0.15) is 32.8 Å². The van der Waals surface area contributed by atoms with Crippen LogP contribution in [0.2, 0.25) is 0 Å². The number of hydrogen-bond donors (Lipinski definition) is 0. The van der Waals surface area contributed by atoms with Crippen LogP contribution in [0.5, 0.6) is 5.75 Å². The lowest BCUT2D eigenvalue weighted by atomic mass is 10.0. The first-order valence-electron chi connectivity index (χ1n) is 7.41. The highest BCUT2D eigenvalue weighted by Gasteiger charge is 2.21. The second kappa shape index (κ2) is 7.29. The maximum atomic E-state index is 5.80. The Bertz CT molecular complexity index is 456. The smallest absolute Gasteiger partial charge is 0.129 e. The SMILES string of the molecule is CCN(CC)CCO/N=C1/CC(C)Oc2ccccc21. The number of oxime groups is 1. The molecule has 1 heterocycles. The summed E-state index contributed by atoms with van der Waals surface area (Å²) in [4.78, 5) is 7.82. The molecule has 2 rings (SSSR count). The second-order valence-corrected chi connectivity index (χ2v) is 5.03. The molecular weight excluding hydrogens is 252 g/mol. The van der Waals surface area contributed by atoms with E-state index >= 15 is 0 Å². The molecule has 20 heavy (non-hydrogen) atoms. The molecule has 0 saturated carbocycles.